The summed E-state index contributed by atoms with van der Waals surface area (Å²) in [5.74, 6) is 0. The zero-order valence-electron chi connectivity index (χ0n) is 14.0. The Balaban J connectivity index is 1.47. The van der Waals surface area contributed by atoms with Gasteiger partial charge in [0.2, 0.25) is 0 Å². The van der Waals surface area contributed by atoms with Crippen molar-refractivity contribution in [2.45, 2.75) is 6.54 Å². The standard InChI is InChI=1S/C20H21Cl2N3/c21-19-8-6-18(7-9-19)16-24-10-12-25(13-11-24)23-15-20(22)14-17-4-2-1-3-5-17/h1-9,14-15H,10-13,16H2/b20-14+,23-15+. The molecule has 0 aromatic heterocycles. The fourth-order valence-electron chi connectivity index (χ4n) is 2.74. The number of rotatable bonds is 5. The first-order valence-corrected chi connectivity index (χ1v) is 9.12. The van der Waals surface area contributed by atoms with Crippen LogP contribution in [0.25, 0.3) is 6.08 Å². The Labute approximate surface area is 159 Å². The molecule has 0 spiro atoms. The van der Waals surface area contributed by atoms with Gasteiger partial charge in [0.15, 0.2) is 0 Å². The number of allylic oxidation sites excluding steroid dienone is 1. The first kappa shape index (κ1) is 18.0. The quantitative estimate of drug-likeness (QED) is 0.705. The summed E-state index contributed by atoms with van der Waals surface area (Å²) in [7, 11) is 0. The molecular weight excluding hydrogens is 353 g/mol. The number of nitrogens with zero attached hydrogens (tertiary/aromatic N) is 3. The van der Waals surface area contributed by atoms with E-state index in [0.29, 0.717) is 5.03 Å². The third-order valence-corrected chi connectivity index (χ3v) is 4.58. The molecule has 0 atom stereocenters. The highest BCUT2D eigenvalue weighted by Gasteiger charge is 2.15. The Morgan fingerprint density at radius 3 is 2.32 bits per heavy atom. The van der Waals surface area contributed by atoms with Crippen LogP contribution in [0, 0.1) is 0 Å². The highest BCUT2D eigenvalue weighted by atomic mass is 35.5. The largest absolute Gasteiger partial charge is 0.295 e. The van der Waals surface area contributed by atoms with Crippen LogP contribution in [0.1, 0.15) is 11.1 Å². The van der Waals surface area contributed by atoms with Crippen molar-refractivity contribution < 1.29 is 0 Å². The Morgan fingerprint density at radius 2 is 1.64 bits per heavy atom. The van der Waals surface area contributed by atoms with Gasteiger partial charge in [0.1, 0.15) is 0 Å². The second-order valence-corrected chi connectivity index (χ2v) is 6.91. The Bertz CT molecular complexity index is 718. The van der Waals surface area contributed by atoms with Gasteiger partial charge in [0.25, 0.3) is 0 Å². The molecule has 0 radical (unpaired) electrons. The molecule has 1 saturated heterocycles. The summed E-state index contributed by atoms with van der Waals surface area (Å²) >= 11 is 12.2. The van der Waals surface area contributed by atoms with E-state index in [4.69, 9.17) is 23.2 Å². The number of hydrazone groups is 1. The van der Waals surface area contributed by atoms with Crippen LogP contribution in [-0.2, 0) is 6.54 Å². The normalized spacial score (nSPS) is 16.6. The van der Waals surface area contributed by atoms with Crippen LogP contribution in [0.3, 0.4) is 0 Å². The van der Waals surface area contributed by atoms with Gasteiger partial charge in [-0.1, -0.05) is 65.7 Å². The van der Waals surface area contributed by atoms with Crippen LogP contribution in [0.2, 0.25) is 5.02 Å². The van der Waals surface area contributed by atoms with Crippen LogP contribution in [0.5, 0.6) is 0 Å². The molecule has 0 amide bonds. The number of halogens is 2. The second-order valence-electron chi connectivity index (χ2n) is 6.04. The fourth-order valence-corrected chi connectivity index (χ4v) is 3.04. The maximum Gasteiger partial charge on any atom is 0.0657 e. The molecule has 0 bridgehead atoms. The van der Waals surface area contributed by atoms with Crippen molar-refractivity contribution in [1.82, 2.24) is 9.91 Å². The fraction of sp³-hybridized carbons (Fsp3) is 0.250. The van der Waals surface area contributed by atoms with Gasteiger partial charge in [-0.15, -0.1) is 0 Å². The topological polar surface area (TPSA) is 18.8 Å². The third-order valence-electron chi connectivity index (χ3n) is 4.12. The van der Waals surface area contributed by atoms with Gasteiger partial charge >= 0.3 is 0 Å². The van der Waals surface area contributed by atoms with Crippen molar-refractivity contribution in [2.75, 3.05) is 26.2 Å². The molecule has 1 fully saturated rings. The lowest BCUT2D eigenvalue weighted by Gasteiger charge is -2.33. The SMILES string of the molecule is ClC(/C=N/N1CCN(Cc2ccc(Cl)cc2)CC1)=C/c1ccccc1. The molecule has 0 aliphatic carbocycles. The first-order chi connectivity index (χ1) is 12.2. The van der Waals surface area contributed by atoms with Crippen LogP contribution in [-0.4, -0.2) is 42.3 Å². The van der Waals surface area contributed by atoms with Gasteiger partial charge in [-0.05, 0) is 29.3 Å². The molecule has 0 saturated carbocycles. The summed E-state index contributed by atoms with van der Waals surface area (Å²) in [5, 5.41) is 7.98. The molecular formula is C20H21Cl2N3. The van der Waals surface area contributed by atoms with Crippen molar-refractivity contribution in [3.8, 4) is 0 Å². The van der Waals surface area contributed by atoms with E-state index in [2.05, 4.69) is 27.1 Å². The molecule has 130 valence electrons. The summed E-state index contributed by atoms with van der Waals surface area (Å²) < 4.78 is 0. The number of piperazine rings is 1. The van der Waals surface area contributed by atoms with E-state index in [0.717, 1.165) is 43.3 Å². The molecule has 3 rings (SSSR count). The predicted molar refractivity (Wildman–Crippen MR) is 107 cm³/mol. The van der Waals surface area contributed by atoms with E-state index in [1.807, 2.05) is 48.5 Å². The van der Waals surface area contributed by atoms with Crippen LogP contribution >= 0.6 is 23.2 Å². The van der Waals surface area contributed by atoms with Gasteiger partial charge in [-0.25, -0.2) is 0 Å². The number of benzene rings is 2. The van der Waals surface area contributed by atoms with E-state index >= 15 is 0 Å². The van der Waals surface area contributed by atoms with E-state index in [1.165, 1.54) is 5.56 Å². The summed E-state index contributed by atoms with van der Waals surface area (Å²) in [4.78, 5) is 2.43. The van der Waals surface area contributed by atoms with Gasteiger partial charge in [-0.2, -0.15) is 5.10 Å². The molecule has 5 heteroatoms. The molecule has 1 aliphatic heterocycles. The van der Waals surface area contributed by atoms with Crippen LogP contribution in [0.4, 0.5) is 0 Å². The third kappa shape index (κ3) is 5.89. The second kappa shape index (κ2) is 9.04. The van der Waals surface area contributed by atoms with Crippen molar-refractivity contribution in [3.05, 3.63) is 75.8 Å². The lowest BCUT2D eigenvalue weighted by molar-refractivity contribution is 0.131. The van der Waals surface area contributed by atoms with Crippen molar-refractivity contribution in [1.29, 1.82) is 0 Å². The smallest absolute Gasteiger partial charge is 0.0657 e. The van der Waals surface area contributed by atoms with E-state index in [1.54, 1.807) is 6.21 Å². The average molecular weight is 374 g/mol. The average Bonchev–Trinajstić information content (AvgIpc) is 2.64. The molecule has 25 heavy (non-hydrogen) atoms. The van der Waals surface area contributed by atoms with Gasteiger partial charge < -0.3 is 0 Å². The van der Waals surface area contributed by atoms with Gasteiger partial charge in [-0.3, -0.25) is 9.91 Å². The summed E-state index contributed by atoms with van der Waals surface area (Å²) in [5.41, 5.74) is 2.36. The summed E-state index contributed by atoms with van der Waals surface area (Å²) in [6.45, 7) is 4.72. The number of hydrogen-bond acceptors (Lipinski definition) is 3. The summed E-state index contributed by atoms with van der Waals surface area (Å²) in [6.07, 6.45) is 3.64. The highest BCUT2D eigenvalue weighted by molar-refractivity contribution is 6.41. The Morgan fingerprint density at radius 1 is 0.960 bits per heavy atom. The molecule has 1 aliphatic rings. The minimum Gasteiger partial charge on any atom is -0.295 e. The van der Waals surface area contributed by atoms with E-state index in [-0.39, 0.29) is 0 Å². The van der Waals surface area contributed by atoms with Crippen molar-refractivity contribution in [3.63, 3.8) is 0 Å². The minimum absolute atomic E-state index is 0.634. The predicted octanol–water partition coefficient (Wildman–Crippen LogP) is 4.72. The zero-order valence-corrected chi connectivity index (χ0v) is 15.5. The van der Waals surface area contributed by atoms with Crippen molar-refractivity contribution in [2.24, 2.45) is 5.10 Å². The van der Waals surface area contributed by atoms with Crippen LogP contribution < -0.4 is 0 Å². The zero-order chi connectivity index (χ0) is 17.5. The van der Waals surface area contributed by atoms with E-state index < -0.39 is 0 Å². The Kier molecular flexibility index (Phi) is 6.51. The van der Waals surface area contributed by atoms with Gasteiger partial charge in [0, 0.05) is 37.7 Å². The molecule has 0 unspecified atom stereocenters. The first-order valence-electron chi connectivity index (χ1n) is 8.37. The monoisotopic (exact) mass is 373 g/mol. The maximum absolute atomic E-state index is 6.25. The minimum atomic E-state index is 0.634. The lowest BCUT2D eigenvalue weighted by atomic mass is 10.2. The molecule has 2 aromatic rings. The highest BCUT2D eigenvalue weighted by Crippen LogP contribution is 2.13. The van der Waals surface area contributed by atoms with E-state index in [9.17, 15) is 0 Å². The molecule has 3 nitrogen and oxygen atoms in total. The summed E-state index contributed by atoms with van der Waals surface area (Å²) in [6, 6.07) is 18.1. The van der Waals surface area contributed by atoms with Crippen LogP contribution in [0.15, 0.2) is 64.7 Å². The lowest BCUT2D eigenvalue weighted by Crippen LogP contribution is -2.43. The molecule has 1 heterocycles. The van der Waals surface area contributed by atoms with Crippen molar-refractivity contribution >= 4 is 35.5 Å². The number of hydrogen-bond donors (Lipinski definition) is 0. The molecule has 0 N–H and O–H groups in total. The molecule has 2 aromatic carbocycles. The van der Waals surface area contributed by atoms with Gasteiger partial charge in [0.05, 0.1) is 11.2 Å². The Hall–Kier alpha value is -1.81. The maximum atomic E-state index is 6.25.